The molecule has 0 N–H and O–H groups in total. The van der Waals surface area contributed by atoms with E-state index in [1.807, 2.05) is 19.1 Å². The van der Waals surface area contributed by atoms with Gasteiger partial charge in [-0.25, -0.2) is 4.98 Å². The molecular weight excluding hydrogens is 228 g/mol. The number of aryl methyl sites for hydroxylation is 1. The molecule has 90 valence electrons. The number of ether oxygens (including phenoxy) is 2. The van der Waals surface area contributed by atoms with Crippen LogP contribution in [-0.2, 0) is 0 Å². The molecule has 1 aromatic carbocycles. The Balaban J connectivity index is 2.33. The van der Waals surface area contributed by atoms with Crippen molar-refractivity contribution in [2.24, 2.45) is 0 Å². The SMILES string of the molecule is COc1cccc(Oc2nc(C)ccc2C#N)c1. The third-order valence-corrected chi connectivity index (χ3v) is 2.38. The van der Waals surface area contributed by atoms with Crippen LogP contribution in [-0.4, -0.2) is 12.1 Å². The quantitative estimate of drug-likeness (QED) is 0.827. The third-order valence-electron chi connectivity index (χ3n) is 2.38. The molecule has 2 rings (SSSR count). The zero-order chi connectivity index (χ0) is 13.0. The van der Waals surface area contributed by atoms with Crippen LogP contribution in [0, 0.1) is 18.3 Å². The molecular formula is C14H12N2O2. The summed E-state index contributed by atoms with van der Waals surface area (Å²) >= 11 is 0. The maximum absolute atomic E-state index is 8.99. The second-order valence-electron chi connectivity index (χ2n) is 3.70. The third kappa shape index (κ3) is 2.58. The maximum Gasteiger partial charge on any atom is 0.237 e. The number of aromatic nitrogens is 1. The van der Waals surface area contributed by atoms with Crippen LogP contribution in [0.3, 0.4) is 0 Å². The summed E-state index contributed by atoms with van der Waals surface area (Å²) in [6.07, 6.45) is 0. The van der Waals surface area contributed by atoms with Gasteiger partial charge in [-0.15, -0.1) is 0 Å². The summed E-state index contributed by atoms with van der Waals surface area (Å²) in [5, 5.41) is 8.99. The van der Waals surface area contributed by atoms with E-state index in [0.29, 0.717) is 22.9 Å². The summed E-state index contributed by atoms with van der Waals surface area (Å²) in [6.45, 7) is 1.85. The standard InChI is InChI=1S/C14H12N2O2/c1-10-6-7-11(9-15)14(16-10)18-13-5-3-4-12(8-13)17-2/h3-8H,1-2H3. The van der Waals surface area contributed by atoms with Crippen molar-refractivity contribution < 1.29 is 9.47 Å². The minimum absolute atomic E-state index is 0.311. The van der Waals surface area contributed by atoms with Gasteiger partial charge in [0.25, 0.3) is 0 Å². The highest BCUT2D eigenvalue weighted by Crippen LogP contribution is 2.26. The van der Waals surface area contributed by atoms with Gasteiger partial charge in [0.2, 0.25) is 5.88 Å². The van der Waals surface area contributed by atoms with Crippen LogP contribution >= 0.6 is 0 Å². The first-order valence-corrected chi connectivity index (χ1v) is 5.42. The monoisotopic (exact) mass is 240 g/mol. The Kier molecular flexibility index (Phi) is 3.44. The maximum atomic E-state index is 8.99. The van der Waals surface area contributed by atoms with E-state index in [4.69, 9.17) is 14.7 Å². The van der Waals surface area contributed by atoms with E-state index in [-0.39, 0.29) is 0 Å². The summed E-state index contributed by atoms with van der Waals surface area (Å²) in [5.41, 5.74) is 1.20. The number of nitrogens with zero attached hydrogens (tertiary/aromatic N) is 2. The summed E-state index contributed by atoms with van der Waals surface area (Å²) in [6, 6.07) is 12.7. The second-order valence-corrected chi connectivity index (χ2v) is 3.70. The van der Waals surface area contributed by atoms with Crippen molar-refractivity contribution in [1.82, 2.24) is 4.98 Å². The summed E-state index contributed by atoms with van der Waals surface area (Å²) in [4.78, 5) is 4.21. The number of nitriles is 1. The molecule has 4 nitrogen and oxygen atoms in total. The van der Waals surface area contributed by atoms with Gasteiger partial charge in [-0.05, 0) is 31.2 Å². The lowest BCUT2D eigenvalue weighted by Gasteiger charge is -2.08. The Hall–Kier alpha value is -2.54. The molecule has 4 heteroatoms. The highest BCUT2D eigenvalue weighted by Gasteiger charge is 2.07. The van der Waals surface area contributed by atoms with Crippen molar-refractivity contribution in [2.45, 2.75) is 6.92 Å². The number of hydrogen-bond donors (Lipinski definition) is 0. The summed E-state index contributed by atoms with van der Waals surface area (Å²) in [5.74, 6) is 1.59. The molecule has 2 aromatic rings. The van der Waals surface area contributed by atoms with E-state index >= 15 is 0 Å². The molecule has 0 bridgehead atoms. The molecule has 0 saturated heterocycles. The van der Waals surface area contributed by atoms with Crippen molar-refractivity contribution in [3.63, 3.8) is 0 Å². The summed E-state index contributed by atoms with van der Waals surface area (Å²) < 4.78 is 10.7. The van der Waals surface area contributed by atoms with E-state index in [9.17, 15) is 0 Å². The predicted molar refractivity (Wildman–Crippen MR) is 66.8 cm³/mol. The van der Waals surface area contributed by atoms with Crippen molar-refractivity contribution in [3.8, 4) is 23.4 Å². The first kappa shape index (κ1) is 11.9. The Morgan fingerprint density at radius 3 is 2.67 bits per heavy atom. The van der Waals surface area contributed by atoms with Crippen LogP contribution in [0.4, 0.5) is 0 Å². The lowest BCUT2D eigenvalue weighted by Crippen LogP contribution is -1.94. The van der Waals surface area contributed by atoms with Crippen molar-refractivity contribution >= 4 is 0 Å². The lowest BCUT2D eigenvalue weighted by molar-refractivity contribution is 0.407. The number of benzene rings is 1. The molecule has 1 aromatic heterocycles. The largest absolute Gasteiger partial charge is 0.497 e. The minimum atomic E-state index is 0.311. The topological polar surface area (TPSA) is 55.1 Å². The van der Waals surface area contributed by atoms with Crippen molar-refractivity contribution in [2.75, 3.05) is 7.11 Å². The van der Waals surface area contributed by atoms with Gasteiger partial charge >= 0.3 is 0 Å². The first-order chi connectivity index (χ1) is 8.72. The van der Waals surface area contributed by atoms with E-state index in [0.717, 1.165) is 5.69 Å². The van der Waals surface area contributed by atoms with E-state index < -0.39 is 0 Å². The van der Waals surface area contributed by atoms with Gasteiger partial charge in [0.15, 0.2) is 0 Å². The van der Waals surface area contributed by atoms with Crippen LogP contribution < -0.4 is 9.47 Å². The number of pyridine rings is 1. The molecule has 1 heterocycles. The van der Waals surface area contributed by atoms with E-state index in [2.05, 4.69) is 11.1 Å². The normalized spacial score (nSPS) is 9.61. The van der Waals surface area contributed by atoms with Crippen LogP contribution in [0.15, 0.2) is 36.4 Å². The smallest absolute Gasteiger partial charge is 0.237 e. The van der Waals surface area contributed by atoms with Gasteiger partial charge in [0.1, 0.15) is 23.1 Å². The van der Waals surface area contributed by atoms with Gasteiger partial charge in [-0.1, -0.05) is 6.07 Å². The zero-order valence-corrected chi connectivity index (χ0v) is 10.2. The Bertz CT molecular complexity index is 603. The molecule has 0 aliphatic carbocycles. The first-order valence-electron chi connectivity index (χ1n) is 5.42. The molecule has 0 atom stereocenters. The lowest BCUT2D eigenvalue weighted by atomic mass is 10.2. The average Bonchev–Trinajstić information content (AvgIpc) is 2.39. The zero-order valence-electron chi connectivity index (χ0n) is 10.2. The molecule has 0 saturated carbocycles. The fourth-order valence-electron chi connectivity index (χ4n) is 1.47. The molecule has 0 unspecified atom stereocenters. The van der Waals surface area contributed by atoms with Gasteiger partial charge < -0.3 is 9.47 Å². The molecule has 0 amide bonds. The average molecular weight is 240 g/mol. The van der Waals surface area contributed by atoms with Gasteiger partial charge in [-0.2, -0.15) is 5.26 Å². The highest BCUT2D eigenvalue weighted by molar-refractivity contribution is 5.42. The van der Waals surface area contributed by atoms with Gasteiger partial charge in [0.05, 0.1) is 7.11 Å². The van der Waals surface area contributed by atoms with Gasteiger partial charge in [-0.3, -0.25) is 0 Å². The fraction of sp³-hybridized carbons (Fsp3) is 0.143. The van der Waals surface area contributed by atoms with Crippen LogP contribution in [0.2, 0.25) is 0 Å². The Morgan fingerprint density at radius 2 is 1.94 bits per heavy atom. The molecule has 18 heavy (non-hydrogen) atoms. The molecule has 0 radical (unpaired) electrons. The number of rotatable bonds is 3. The molecule has 0 aliphatic heterocycles. The van der Waals surface area contributed by atoms with Gasteiger partial charge in [0, 0.05) is 11.8 Å². The minimum Gasteiger partial charge on any atom is -0.497 e. The highest BCUT2D eigenvalue weighted by atomic mass is 16.5. The predicted octanol–water partition coefficient (Wildman–Crippen LogP) is 3.06. The van der Waals surface area contributed by atoms with Crippen molar-refractivity contribution in [3.05, 3.63) is 47.7 Å². The van der Waals surface area contributed by atoms with Crippen molar-refractivity contribution in [1.29, 1.82) is 5.26 Å². The van der Waals surface area contributed by atoms with E-state index in [1.165, 1.54) is 0 Å². The number of methoxy groups -OCH3 is 1. The molecule has 0 aliphatic rings. The molecule has 0 fully saturated rings. The van der Waals surface area contributed by atoms with Crippen LogP contribution in [0.25, 0.3) is 0 Å². The second kappa shape index (κ2) is 5.19. The molecule has 0 spiro atoms. The Morgan fingerprint density at radius 1 is 1.17 bits per heavy atom. The number of hydrogen-bond acceptors (Lipinski definition) is 4. The van der Waals surface area contributed by atoms with Crippen LogP contribution in [0.1, 0.15) is 11.3 Å². The summed E-state index contributed by atoms with van der Waals surface area (Å²) in [7, 11) is 1.59. The Labute approximate surface area is 105 Å². The van der Waals surface area contributed by atoms with E-state index in [1.54, 1.807) is 31.4 Å². The fourth-order valence-corrected chi connectivity index (χ4v) is 1.47. The van der Waals surface area contributed by atoms with Crippen LogP contribution in [0.5, 0.6) is 17.4 Å².